The van der Waals surface area contributed by atoms with Crippen LogP contribution in [0.5, 0.6) is 0 Å². The topological polar surface area (TPSA) is 78.9 Å². The Labute approximate surface area is 147 Å². The van der Waals surface area contributed by atoms with Crippen LogP contribution in [0.15, 0.2) is 24.3 Å². The van der Waals surface area contributed by atoms with Crippen molar-refractivity contribution >= 4 is 11.9 Å². The third-order valence-electron chi connectivity index (χ3n) is 4.32. The van der Waals surface area contributed by atoms with Gasteiger partial charge in [-0.2, -0.15) is 0 Å². The number of rotatable bonds is 8. The molecule has 1 amide bonds. The number of amides is 1. The molecule has 0 radical (unpaired) electrons. The van der Waals surface area contributed by atoms with Gasteiger partial charge in [-0.25, -0.2) is 9.18 Å². The normalized spacial score (nSPS) is 17.7. The lowest BCUT2D eigenvalue weighted by atomic mass is 10.0. The van der Waals surface area contributed by atoms with E-state index in [0.29, 0.717) is 39.1 Å². The molecule has 1 fully saturated rings. The molecule has 7 heteroatoms. The molecule has 0 spiro atoms. The van der Waals surface area contributed by atoms with Crippen molar-refractivity contribution in [1.82, 2.24) is 10.2 Å². The summed E-state index contributed by atoms with van der Waals surface area (Å²) in [6, 6.07) is 4.27. The molecule has 0 saturated carbocycles. The number of carbonyl (C=O) groups is 2. The molecule has 1 aromatic rings. The third kappa shape index (κ3) is 5.24. The van der Waals surface area contributed by atoms with Crippen molar-refractivity contribution in [3.8, 4) is 0 Å². The van der Waals surface area contributed by atoms with E-state index in [0.717, 1.165) is 6.42 Å². The summed E-state index contributed by atoms with van der Waals surface area (Å²) >= 11 is 0. The summed E-state index contributed by atoms with van der Waals surface area (Å²) in [5.41, 5.74) is 0.251. The van der Waals surface area contributed by atoms with Crippen LogP contribution in [0.1, 0.15) is 37.8 Å². The Hall–Kier alpha value is -1.99. The first-order valence-electron chi connectivity index (χ1n) is 8.64. The summed E-state index contributed by atoms with van der Waals surface area (Å²) in [6.45, 7) is 3.84. The second-order valence-corrected chi connectivity index (χ2v) is 6.11. The van der Waals surface area contributed by atoms with Gasteiger partial charge in [0.05, 0.1) is 13.2 Å². The molecule has 6 nitrogen and oxygen atoms in total. The first-order chi connectivity index (χ1) is 12.0. The van der Waals surface area contributed by atoms with Crippen LogP contribution in [0.2, 0.25) is 0 Å². The molecule has 1 heterocycles. The number of nitrogens with one attached hydrogen (secondary N) is 1. The molecule has 1 aliphatic rings. The molecule has 2 atom stereocenters. The van der Waals surface area contributed by atoms with Gasteiger partial charge in [0.25, 0.3) is 0 Å². The van der Waals surface area contributed by atoms with Gasteiger partial charge in [-0.05, 0) is 12.5 Å². The van der Waals surface area contributed by atoms with Gasteiger partial charge in [-0.15, -0.1) is 0 Å². The number of carboxylic acid groups (broad SMARTS) is 1. The Bertz CT molecular complexity index is 590. The standard InChI is InChI=1S/C18H25FN2O4/c1-2-3-8-15(18(23)24)20-17(22)16(21-9-11-25-12-10-21)13-6-4-5-7-14(13)19/h4-7,15-16H,2-3,8-12H2,1H3,(H,20,22)(H,23,24). The van der Waals surface area contributed by atoms with Crippen molar-refractivity contribution in [3.05, 3.63) is 35.6 Å². The van der Waals surface area contributed by atoms with Gasteiger partial charge in [-0.3, -0.25) is 9.69 Å². The number of benzene rings is 1. The Morgan fingerprint density at radius 2 is 2.00 bits per heavy atom. The number of unbranched alkanes of at least 4 members (excludes halogenated alkanes) is 1. The Balaban J connectivity index is 2.23. The molecule has 2 N–H and O–H groups in total. The highest BCUT2D eigenvalue weighted by atomic mass is 19.1. The van der Waals surface area contributed by atoms with Crippen molar-refractivity contribution < 1.29 is 23.8 Å². The molecule has 0 bridgehead atoms. The minimum Gasteiger partial charge on any atom is -0.480 e. The number of aliphatic carboxylic acids is 1. The van der Waals surface area contributed by atoms with Gasteiger partial charge in [-0.1, -0.05) is 38.0 Å². The summed E-state index contributed by atoms with van der Waals surface area (Å²) in [5, 5.41) is 11.9. The van der Waals surface area contributed by atoms with E-state index in [4.69, 9.17) is 4.74 Å². The Morgan fingerprint density at radius 3 is 2.60 bits per heavy atom. The largest absolute Gasteiger partial charge is 0.480 e. The van der Waals surface area contributed by atoms with E-state index in [1.54, 1.807) is 18.2 Å². The minimum atomic E-state index is -1.07. The van der Waals surface area contributed by atoms with E-state index in [1.165, 1.54) is 6.07 Å². The molecule has 2 unspecified atom stereocenters. The number of hydrogen-bond acceptors (Lipinski definition) is 4. The fraction of sp³-hybridized carbons (Fsp3) is 0.556. The predicted octanol–water partition coefficient (Wildman–Crippen LogP) is 1.96. The number of carboxylic acids is 1. The maximum absolute atomic E-state index is 14.3. The smallest absolute Gasteiger partial charge is 0.326 e. The Kier molecular flexibility index (Phi) is 7.33. The van der Waals surface area contributed by atoms with E-state index in [-0.39, 0.29) is 5.56 Å². The molecule has 1 aromatic carbocycles. The molecule has 2 rings (SSSR count). The van der Waals surface area contributed by atoms with Gasteiger partial charge in [0.2, 0.25) is 5.91 Å². The van der Waals surface area contributed by atoms with Crippen molar-refractivity contribution in [3.63, 3.8) is 0 Å². The van der Waals surface area contributed by atoms with Gasteiger partial charge in [0, 0.05) is 18.7 Å². The minimum absolute atomic E-state index is 0.251. The fourth-order valence-electron chi connectivity index (χ4n) is 2.95. The first-order valence-corrected chi connectivity index (χ1v) is 8.64. The zero-order valence-corrected chi connectivity index (χ0v) is 14.4. The highest BCUT2D eigenvalue weighted by Gasteiger charge is 2.33. The molecular formula is C18H25FN2O4. The monoisotopic (exact) mass is 352 g/mol. The summed E-state index contributed by atoms with van der Waals surface area (Å²) in [4.78, 5) is 26.1. The van der Waals surface area contributed by atoms with Crippen LogP contribution < -0.4 is 5.32 Å². The quantitative estimate of drug-likeness (QED) is 0.748. The molecule has 138 valence electrons. The highest BCUT2D eigenvalue weighted by molar-refractivity contribution is 5.87. The molecule has 0 aromatic heterocycles. The van der Waals surface area contributed by atoms with Crippen molar-refractivity contribution in [2.75, 3.05) is 26.3 Å². The average Bonchev–Trinajstić information content (AvgIpc) is 2.61. The van der Waals surface area contributed by atoms with Crippen LogP contribution in [-0.2, 0) is 14.3 Å². The van der Waals surface area contributed by atoms with Crippen molar-refractivity contribution in [1.29, 1.82) is 0 Å². The average molecular weight is 352 g/mol. The second kappa shape index (κ2) is 9.48. The summed E-state index contributed by atoms with van der Waals surface area (Å²) in [6.07, 6.45) is 1.88. The van der Waals surface area contributed by atoms with Gasteiger partial charge in [0.15, 0.2) is 0 Å². The molecule has 25 heavy (non-hydrogen) atoms. The van der Waals surface area contributed by atoms with Crippen LogP contribution in [0.25, 0.3) is 0 Å². The number of halogens is 1. The lowest BCUT2D eigenvalue weighted by Crippen LogP contribution is -2.50. The van der Waals surface area contributed by atoms with Gasteiger partial charge in [0.1, 0.15) is 17.9 Å². The summed E-state index contributed by atoms with van der Waals surface area (Å²) in [7, 11) is 0. The summed E-state index contributed by atoms with van der Waals surface area (Å²) < 4.78 is 19.6. The first kappa shape index (κ1) is 19.3. The van der Waals surface area contributed by atoms with Crippen LogP contribution in [0.3, 0.4) is 0 Å². The zero-order valence-electron chi connectivity index (χ0n) is 14.4. The molecule has 1 saturated heterocycles. The van der Waals surface area contributed by atoms with Crippen LogP contribution >= 0.6 is 0 Å². The highest BCUT2D eigenvalue weighted by Crippen LogP contribution is 2.25. The maximum Gasteiger partial charge on any atom is 0.326 e. The van der Waals surface area contributed by atoms with E-state index in [2.05, 4.69) is 5.32 Å². The number of nitrogens with zero attached hydrogens (tertiary/aromatic N) is 1. The van der Waals surface area contributed by atoms with Crippen molar-refractivity contribution in [2.24, 2.45) is 0 Å². The fourth-order valence-corrected chi connectivity index (χ4v) is 2.95. The molecule has 1 aliphatic heterocycles. The van der Waals surface area contributed by atoms with E-state index >= 15 is 0 Å². The number of hydrogen-bond donors (Lipinski definition) is 2. The Morgan fingerprint density at radius 1 is 1.32 bits per heavy atom. The van der Waals surface area contributed by atoms with E-state index < -0.39 is 29.8 Å². The third-order valence-corrected chi connectivity index (χ3v) is 4.32. The SMILES string of the molecule is CCCCC(NC(=O)C(c1ccccc1F)N1CCOCC1)C(=O)O. The maximum atomic E-state index is 14.3. The molecule has 0 aliphatic carbocycles. The molecular weight excluding hydrogens is 327 g/mol. The van der Waals surface area contributed by atoms with Gasteiger partial charge >= 0.3 is 5.97 Å². The van der Waals surface area contributed by atoms with E-state index in [1.807, 2.05) is 11.8 Å². The number of morpholine rings is 1. The van der Waals surface area contributed by atoms with Crippen LogP contribution in [0, 0.1) is 5.82 Å². The zero-order chi connectivity index (χ0) is 18.2. The van der Waals surface area contributed by atoms with Crippen LogP contribution in [-0.4, -0.2) is 54.2 Å². The van der Waals surface area contributed by atoms with Gasteiger partial charge < -0.3 is 15.2 Å². The lowest BCUT2D eigenvalue weighted by molar-refractivity contribution is -0.143. The van der Waals surface area contributed by atoms with Crippen molar-refractivity contribution in [2.45, 2.75) is 38.3 Å². The predicted molar refractivity (Wildman–Crippen MR) is 90.6 cm³/mol. The second-order valence-electron chi connectivity index (χ2n) is 6.11. The van der Waals surface area contributed by atoms with E-state index in [9.17, 15) is 19.1 Å². The number of ether oxygens (including phenoxy) is 1. The lowest BCUT2D eigenvalue weighted by Gasteiger charge is -2.34. The van der Waals surface area contributed by atoms with Crippen LogP contribution in [0.4, 0.5) is 4.39 Å². The number of carbonyl (C=O) groups excluding carboxylic acids is 1. The summed E-state index contributed by atoms with van der Waals surface area (Å²) in [5.74, 6) is -2.04.